The highest BCUT2D eigenvalue weighted by Gasteiger charge is 2.28. The molecular formula is C23H28N4O4. The van der Waals surface area contributed by atoms with Gasteiger partial charge in [0.05, 0.1) is 4.92 Å². The molecule has 1 saturated heterocycles. The number of piperidine rings is 1. The molecule has 0 bridgehead atoms. The molecular weight excluding hydrogens is 396 g/mol. The summed E-state index contributed by atoms with van der Waals surface area (Å²) in [5.74, 6) is -0.460. The molecule has 2 aromatic carbocycles. The Labute approximate surface area is 181 Å². The van der Waals surface area contributed by atoms with Crippen LogP contribution in [0.1, 0.15) is 32.3 Å². The summed E-state index contributed by atoms with van der Waals surface area (Å²) in [5.41, 5.74) is 2.91. The van der Waals surface area contributed by atoms with Crippen molar-refractivity contribution in [2.45, 2.75) is 33.6 Å². The molecule has 0 aliphatic carbocycles. The fraction of sp³-hybridized carbons (Fsp3) is 0.391. The van der Waals surface area contributed by atoms with Crippen LogP contribution in [0, 0.1) is 28.9 Å². The maximum absolute atomic E-state index is 12.9. The van der Waals surface area contributed by atoms with Crippen molar-refractivity contribution in [1.29, 1.82) is 0 Å². The third-order valence-corrected chi connectivity index (χ3v) is 5.57. The van der Waals surface area contributed by atoms with Gasteiger partial charge >= 0.3 is 0 Å². The Hall–Kier alpha value is -3.42. The van der Waals surface area contributed by atoms with Crippen LogP contribution in [0.5, 0.6) is 0 Å². The van der Waals surface area contributed by atoms with Crippen LogP contribution >= 0.6 is 0 Å². The predicted octanol–water partition coefficient (Wildman–Crippen LogP) is 4.35. The van der Waals surface area contributed by atoms with Gasteiger partial charge in [0.1, 0.15) is 5.69 Å². The van der Waals surface area contributed by atoms with Crippen molar-refractivity contribution >= 4 is 34.6 Å². The number of nitro benzene ring substituents is 1. The Morgan fingerprint density at radius 2 is 1.77 bits per heavy atom. The fourth-order valence-electron chi connectivity index (χ4n) is 3.62. The van der Waals surface area contributed by atoms with Gasteiger partial charge in [0.15, 0.2) is 0 Å². The lowest BCUT2D eigenvalue weighted by atomic mass is 9.95. The molecule has 0 unspecified atom stereocenters. The van der Waals surface area contributed by atoms with E-state index in [4.69, 9.17) is 0 Å². The number of anilines is 3. The number of benzene rings is 2. The molecule has 1 aliphatic rings. The first-order valence-corrected chi connectivity index (χ1v) is 10.5. The Morgan fingerprint density at radius 1 is 1.10 bits per heavy atom. The second kappa shape index (κ2) is 9.59. The maximum atomic E-state index is 12.9. The summed E-state index contributed by atoms with van der Waals surface area (Å²) < 4.78 is 0. The monoisotopic (exact) mass is 424 g/mol. The van der Waals surface area contributed by atoms with Gasteiger partial charge in [-0.2, -0.15) is 0 Å². The van der Waals surface area contributed by atoms with Crippen LogP contribution in [0.2, 0.25) is 0 Å². The highest BCUT2D eigenvalue weighted by Crippen LogP contribution is 2.31. The lowest BCUT2D eigenvalue weighted by Gasteiger charge is -2.32. The van der Waals surface area contributed by atoms with Gasteiger partial charge in [-0.05, 0) is 43.5 Å². The fourth-order valence-corrected chi connectivity index (χ4v) is 3.62. The number of hydrogen-bond donors (Lipinski definition) is 2. The summed E-state index contributed by atoms with van der Waals surface area (Å²) in [6.07, 6.45) is 1.22. The molecule has 2 N–H and O–H groups in total. The topological polar surface area (TPSA) is 105 Å². The standard InChI is InChI=1S/C23H28N4O4/c1-15(2)22(28)24-18-9-8-16(3)19(14-18)25-23(29)17-10-12-26(13-11-17)20-6-4-5-7-21(20)27(30)31/h4-9,14-15,17H,10-13H2,1-3H3,(H,24,28)(H,25,29). The molecule has 8 heteroatoms. The minimum absolute atomic E-state index is 0.0716. The highest BCUT2D eigenvalue weighted by atomic mass is 16.6. The molecule has 0 spiro atoms. The summed E-state index contributed by atoms with van der Waals surface area (Å²) in [4.78, 5) is 37.7. The lowest BCUT2D eigenvalue weighted by Crippen LogP contribution is -2.38. The smallest absolute Gasteiger partial charge is 0.292 e. The van der Waals surface area contributed by atoms with E-state index in [1.807, 2.05) is 37.8 Å². The van der Waals surface area contributed by atoms with Crippen molar-refractivity contribution in [2.75, 3.05) is 28.6 Å². The molecule has 1 aliphatic heterocycles. The molecule has 1 fully saturated rings. The van der Waals surface area contributed by atoms with Crippen molar-refractivity contribution < 1.29 is 14.5 Å². The SMILES string of the molecule is Cc1ccc(NC(=O)C(C)C)cc1NC(=O)C1CCN(c2ccccc2[N+](=O)[O-])CC1. The Bertz CT molecular complexity index is 981. The molecule has 31 heavy (non-hydrogen) atoms. The normalized spacial score (nSPS) is 14.4. The quantitative estimate of drug-likeness (QED) is 0.530. The van der Waals surface area contributed by atoms with E-state index < -0.39 is 0 Å². The first kappa shape index (κ1) is 22.3. The minimum Gasteiger partial charge on any atom is -0.366 e. The van der Waals surface area contributed by atoms with Crippen LogP contribution in [0.3, 0.4) is 0 Å². The van der Waals surface area contributed by atoms with E-state index in [1.165, 1.54) is 6.07 Å². The Balaban J connectivity index is 1.63. The zero-order chi connectivity index (χ0) is 22.5. The molecule has 0 aromatic heterocycles. The zero-order valence-corrected chi connectivity index (χ0v) is 18.1. The van der Waals surface area contributed by atoms with Gasteiger partial charge in [-0.1, -0.05) is 32.0 Å². The van der Waals surface area contributed by atoms with Crippen LogP contribution < -0.4 is 15.5 Å². The average Bonchev–Trinajstić information content (AvgIpc) is 2.76. The molecule has 2 amide bonds. The van der Waals surface area contributed by atoms with Gasteiger partial charge in [-0.25, -0.2) is 0 Å². The van der Waals surface area contributed by atoms with Gasteiger partial charge in [0.25, 0.3) is 5.69 Å². The number of aryl methyl sites for hydroxylation is 1. The van der Waals surface area contributed by atoms with Crippen LogP contribution in [0.15, 0.2) is 42.5 Å². The predicted molar refractivity (Wildman–Crippen MR) is 121 cm³/mol. The van der Waals surface area contributed by atoms with E-state index in [0.29, 0.717) is 43.0 Å². The summed E-state index contributed by atoms with van der Waals surface area (Å²) in [6.45, 7) is 6.70. The second-order valence-corrected chi connectivity index (χ2v) is 8.17. The average molecular weight is 425 g/mol. The molecule has 0 atom stereocenters. The van der Waals surface area contributed by atoms with E-state index in [2.05, 4.69) is 10.6 Å². The highest BCUT2D eigenvalue weighted by molar-refractivity contribution is 5.96. The number of carbonyl (C=O) groups excluding carboxylic acids is 2. The Morgan fingerprint density at radius 3 is 2.42 bits per heavy atom. The number of rotatable bonds is 6. The lowest BCUT2D eigenvalue weighted by molar-refractivity contribution is -0.384. The number of nitrogens with zero attached hydrogens (tertiary/aromatic N) is 2. The summed E-state index contributed by atoms with van der Waals surface area (Å²) >= 11 is 0. The molecule has 3 rings (SSSR count). The Kier molecular flexibility index (Phi) is 6.89. The molecule has 0 radical (unpaired) electrons. The van der Waals surface area contributed by atoms with E-state index in [1.54, 1.807) is 24.3 Å². The minimum atomic E-state index is -0.373. The summed E-state index contributed by atoms with van der Waals surface area (Å²) in [5, 5.41) is 17.1. The van der Waals surface area contributed by atoms with Crippen LogP contribution in [0.4, 0.5) is 22.7 Å². The third kappa shape index (κ3) is 5.39. The van der Waals surface area contributed by atoms with Crippen LogP contribution in [0.25, 0.3) is 0 Å². The first-order valence-electron chi connectivity index (χ1n) is 10.5. The number of hydrogen-bond acceptors (Lipinski definition) is 5. The largest absolute Gasteiger partial charge is 0.366 e. The van der Waals surface area contributed by atoms with Gasteiger partial charge < -0.3 is 15.5 Å². The first-order chi connectivity index (χ1) is 14.8. The van der Waals surface area contributed by atoms with Crippen molar-refractivity contribution in [3.63, 3.8) is 0 Å². The number of carbonyl (C=O) groups is 2. The van der Waals surface area contributed by atoms with Gasteiger partial charge in [0, 0.05) is 42.4 Å². The van der Waals surface area contributed by atoms with E-state index in [9.17, 15) is 19.7 Å². The van der Waals surface area contributed by atoms with E-state index in [-0.39, 0.29) is 34.3 Å². The molecule has 0 saturated carbocycles. The van der Waals surface area contributed by atoms with Gasteiger partial charge in [-0.3, -0.25) is 19.7 Å². The number of nitro groups is 1. The van der Waals surface area contributed by atoms with Crippen molar-refractivity contribution in [3.05, 3.63) is 58.1 Å². The van der Waals surface area contributed by atoms with Crippen molar-refractivity contribution in [1.82, 2.24) is 0 Å². The van der Waals surface area contributed by atoms with Crippen molar-refractivity contribution in [3.8, 4) is 0 Å². The number of amides is 2. The maximum Gasteiger partial charge on any atom is 0.292 e. The van der Waals surface area contributed by atoms with E-state index >= 15 is 0 Å². The number of nitrogens with one attached hydrogen (secondary N) is 2. The van der Waals surface area contributed by atoms with Crippen molar-refractivity contribution in [2.24, 2.45) is 11.8 Å². The third-order valence-electron chi connectivity index (χ3n) is 5.57. The van der Waals surface area contributed by atoms with Gasteiger partial charge in [0.2, 0.25) is 11.8 Å². The zero-order valence-electron chi connectivity index (χ0n) is 18.1. The molecule has 164 valence electrons. The van der Waals surface area contributed by atoms with Gasteiger partial charge in [-0.15, -0.1) is 0 Å². The molecule has 1 heterocycles. The molecule has 2 aromatic rings. The summed E-state index contributed by atoms with van der Waals surface area (Å²) in [7, 11) is 0. The molecule has 8 nitrogen and oxygen atoms in total. The summed E-state index contributed by atoms with van der Waals surface area (Å²) in [6, 6.07) is 12.1. The number of para-hydroxylation sites is 2. The van der Waals surface area contributed by atoms with E-state index in [0.717, 1.165) is 5.56 Å². The van der Waals surface area contributed by atoms with Crippen LogP contribution in [-0.4, -0.2) is 29.8 Å². The second-order valence-electron chi connectivity index (χ2n) is 8.17. The van der Waals surface area contributed by atoms with Crippen LogP contribution in [-0.2, 0) is 9.59 Å².